The third-order valence-corrected chi connectivity index (χ3v) is 5.29. The average Bonchev–Trinajstić information content (AvgIpc) is 3.14. The Balaban J connectivity index is 1.56. The van der Waals surface area contributed by atoms with Crippen molar-refractivity contribution in [2.24, 2.45) is 0 Å². The molecule has 33 heavy (non-hydrogen) atoms. The van der Waals surface area contributed by atoms with Crippen LogP contribution in [0.3, 0.4) is 0 Å². The van der Waals surface area contributed by atoms with Crippen LogP contribution >= 0.6 is 0 Å². The Labute approximate surface area is 190 Å². The zero-order valence-corrected chi connectivity index (χ0v) is 18.5. The van der Waals surface area contributed by atoms with E-state index < -0.39 is 6.61 Å². The number of amides is 1. The fraction of sp³-hybridized carbons (Fsp3) is 0.200. The van der Waals surface area contributed by atoms with Gasteiger partial charge in [0.2, 0.25) is 0 Å². The van der Waals surface area contributed by atoms with Crippen LogP contribution in [-0.2, 0) is 6.54 Å². The minimum Gasteiger partial charge on any atom is -0.493 e. The molecule has 8 heteroatoms. The number of aromatic nitrogens is 2. The number of nitrogens with zero attached hydrogens (tertiary/aromatic N) is 3. The molecule has 4 rings (SSSR count). The Morgan fingerprint density at radius 3 is 2.52 bits per heavy atom. The molecule has 0 spiro atoms. The molecule has 3 aromatic carbocycles. The van der Waals surface area contributed by atoms with Gasteiger partial charge < -0.3 is 14.4 Å². The monoisotopic (exact) mass is 451 g/mol. The number of carbonyl (C=O) groups excluding carboxylic acids is 1. The van der Waals surface area contributed by atoms with E-state index in [9.17, 15) is 13.6 Å². The Morgan fingerprint density at radius 1 is 1.06 bits per heavy atom. The van der Waals surface area contributed by atoms with E-state index in [1.807, 2.05) is 47.9 Å². The van der Waals surface area contributed by atoms with Crippen molar-refractivity contribution in [2.75, 3.05) is 14.2 Å². The predicted octanol–water partition coefficient (Wildman–Crippen LogP) is 5.22. The van der Waals surface area contributed by atoms with E-state index in [-0.39, 0.29) is 24.0 Å². The summed E-state index contributed by atoms with van der Waals surface area (Å²) in [6, 6.07) is 20.0. The summed E-state index contributed by atoms with van der Waals surface area (Å²) in [7, 11) is 3.05. The van der Waals surface area contributed by atoms with Gasteiger partial charge in [-0.15, -0.1) is 0 Å². The van der Waals surface area contributed by atoms with Gasteiger partial charge in [0, 0.05) is 24.8 Å². The molecule has 4 aromatic rings. The molecule has 0 aliphatic carbocycles. The molecule has 1 heterocycles. The molecule has 0 unspecified atom stereocenters. The summed E-state index contributed by atoms with van der Waals surface area (Å²) in [5.41, 5.74) is 3.87. The van der Waals surface area contributed by atoms with E-state index >= 15 is 0 Å². The highest BCUT2D eigenvalue weighted by atomic mass is 19.3. The lowest BCUT2D eigenvalue weighted by atomic mass is 10.1. The molecular weight excluding hydrogens is 428 g/mol. The summed E-state index contributed by atoms with van der Waals surface area (Å²) in [5.74, 6) is 0.764. The SMILES string of the molecule is COc1cc(CN(C)C(=O)c2ccc3c(c2)nc(C)n3-c2ccccc2)ccc1OC(F)F. The number of halogens is 2. The van der Waals surface area contributed by atoms with E-state index in [4.69, 9.17) is 4.74 Å². The fourth-order valence-corrected chi connectivity index (χ4v) is 3.81. The second-order valence-electron chi connectivity index (χ2n) is 7.56. The molecule has 6 nitrogen and oxygen atoms in total. The molecule has 0 saturated heterocycles. The number of alkyl halides is 2. The van der Waals surface area contributed by atoms with Crippen LogP contribution in [0.15, 0.2) is 66.7 Å². The zero-order valence-electron chi connectivity index (χ0n) is 18.5. The van der Waals surface area contributed by atoms with Gasteiger partial charge in [-0.1, -0.05) is 24.3 Å². The molecule has 0 fully saturated rings. The number of hydrogen-bond donors (Lipinski definition) is 0. The molecule has 1 aromatic heterocycles. The van der Waals surface area contributed by atoms with E-state index in [1.165, 1.54) is 13.2 Å². The van der Waals surface area contributed by atoms with Crippen LogP contribution in [0, 0.1) is 6.92 Å². The predicted molar refractivity (Wildman–Crippen MR) is 121 cm³/mol. The number of hydrogen-bond acceptors (Lipinski definition) is 4. The third kappa shape index (κ3) is 4.64. The number of methoxy groups -OCH3 is 1. The van der Waals surface area contributed by atoms with Crippen molar-refractivity contribution in [1.82, 2.24) is 14.5 Å². The van der Waals surface area contributed by atoms with Crippen molar-refractivity contribution in [3.8, 4) is 17.2 Å². The van der Waals surface area contributed by atoms with Gasteiger partial charge in [-0.05, 0) is 55.0 Å². The van der Waals surface area contributed by atoms with Crippen LogP contribution in [0.1, 0.15) is 21.7 Å². The summed E-state index contributed by atoms with van der Waals surface area (Å²) in [5, 5.41) is 0. The highest BCUT2D eigenvalue weighted by Crippen LogP contribution is 2.30. The molecule has 0 aliphatic heterocycles. The van der Waals surface area contributed by atoms with Crippen molar-refractivity contribution in [3.63, 3.8) is 0 Å². The molecule has 0 atom stereocenters. The van der Waals surface area contributed by atoms with E-state index in [1.54, 1.807) is 36.2 Å². The van der Waals surface area contributed by atoms with Gasteiger partial charge in [-0.2, -0.15) is 8.78 Å². The summed E-state index contributed by atoms with van der Waals surface area (Å²) in [4.78, 5) is 19.2. The van der Waals surface area contributed by atoms with E-state index in [2.05, 4.69) is 9.72 Å². The van der Waals surface area contributed by atoms with Crippen molar-refractivity contribution in [2.45, 2.75) is 20.1 Å². The lowest BCUT2D eigenvalue weighted by Crippen LogP contribution is -2.26. The number of ether oxygens (including phenoxy) is 2. The smallest absolute Gasteiger partial charge is 0.387 e. The lowest BCUT2D eigenvalue weighted by Gasteiger charge is -2.18. The maximum atomic E-state index is 13.1. The van der Waals surface area contributed by atoms with Gasteiger partial charge in [0.05, 0.1) is 18.1 Å². The number of aryl methyl sites for hydroxylation is 1. The van der Waals surface area contributed by atoms with Crippen LogP contribution in [0.2, 0.25) is 0 Å². The number of imidazole rings is 1. The van der Waals surface area contributed by atoms with Crippen LogP contribution < -0.4 is 9.47 Å². The Bertz CT molecular complexity index is 1290. The van der Waals surface area contributed by atoms with Crippen molar-refractivity contribution in [3.05, 3.63) is 83.7 Å². The number of rotatable bonds is 7. The van der Waals surface area contributed by atoms with E-state index in [0.29, 0.717) is 5.56 Å². The minimum atomic E-state index is -2.95. The lowest BCUT2D eigenvalue weighted by molar-refractivity contribution is -0.0512. The molecule has 0 aliphatic rings. The summed E-state index contributed by atoms with van der Waals surface area (Å²) in [6.07, 6.45) is 0. The Morgan fingerprint density at radius 2 is 1.82 bits per heavy atom. The van der Waals surface area contributed by atoms with Crippen LogP contribution in [0.25, 0.3) is 16.7 Å². The van der Waals surface area contributed by atoms with Crippen molar-refractivity contribution >= 4 is 16.9 Å². The van der Waals surface area contributed by atoms with Crippen molar-refractivity contribution in [1.29, 1.82) is 0 Å². The quantitative estimate of drug-likeness (QED) is 0.387. The first kappa shape index (κ1) is 22.3. The zero-order chi connectivity index (χ0) is 23.5. The summed E-state index contributed by atoms with van der Waals surface area (Å²) in [6.45, 7) is -0.757. The molecule has 0 bridgehead atoms. The van der Waals surface area contributed by atoms with Gasteiger partial charge >= 0.3 is 6.61 Å². The standard InChI is InChI=1S/C25H23F2N3O3/c1-16-28-20-14-18(10-11-21(20)30(16)19-7-5-4-6-8-19)24(31)29(2)15-17-9-12-22(33-25(26)27)23(13-17)32-3/h4-14,25H,15H2,1-3H3. The van der Waals surface area contributed by atoms with Crippen molar-refractivity contribution < 1.29 is 23.0 Å². The summed E-state index contributed by atoms with van der Waals surface area (Å²) >= 11 is 0. The molecule has 0 N–H and O–H groups in total. The Kier molecular flexibility index (Phi) is 6.26. The van der Waals surface area contributed by atoms with Crippen LogP contribution in [-0.4, -0.2) is 41.1 Å². The topological polar surface area (TPSA) is 56.6 Å². The number of fused-ring (bicyclic) bond motifs is 1. The third-order valence-electron chi connectivity index (χ3n) is 5.29. The number of benzene rings is 3. The number of carbonyl (C=O) groups is 1. The molecular formula is C25H23F2N3O3. The minimum absolute atomic E-state index is 0.0555. The summed E-state index contributed by atoms with van der Waals surface area (Å²) < 4.78 is 36.7. The first-order valence-electron chi connectivity index (χ1n) is 10.3. The molecule has 0 radical (unpaired) electrons. The normalized spacial score (nSPS) is 11.1. The highest BCUT2D eigenvalue weighted by Gasteiger charge is 2.17. The van der Waals surface area contributed by atoms with Crippen LogP contribution in [0.4, 0.5) is 8.78 Å². The average molecular weight is 451 g/mol. The number of para-hydroxylation sites is 1. The highest BCUT2D eigenvalue weighted by molar-refractivity contribution is 5.97. The fourth-order valence-electron chi connectivity index (χ4n) is 3.81. The van der Waals surface area contributed by atoms with Gasteiger partial charge in [0.25, 0.3) is 5.91 Å². The maximum absolute atomic E-state index is 13.1. The van der Waals surface area contributed by atoms with Gasteiger partial charge in [-0.25, -0.2) is 4.98 Å². The van der Waals surface area contributed by atoms with Crippen LogP contribution in [0.5, 0.6) is 11.5 Å². The second kappa shape index (κ2) is 9.28. The second-order valence-corrected chi connectivity index (χ2v) is 7.56. The van der Waals surface area contributed by atoms with Gasteiger partial charge in [0.15, 0.2) is 11.5 Å². The molecule has 0 saturated carbocycles. The first-order valence-corrected chi connectivity index (χ1v) is 10.3. The Hall–Kier alpha value is -3.94. The first-order chi connectivity index (χ1) is 15.9. The van der Waals surface area contributed by atoms with E-state index in [0.717, 1.165) is 28.1 Å². The maximum Gasteiger partial charge on any atom is 0.387 e. The van der Waals surface area contributed by atoms with Gasteiger partial charge in [0.1, 0.15) is 5.82 Å². The van der Waals surface area contributed by atoms with Gasteiger partial charge in [-0.3, -0.25) is 9.36 Å². The largest absolute Gasteiger partial charge is 0.493 e. The molecule has 1 amide bonds. The molecule has 170 valence electrons.